The number of anilines is 1. The zero-order valence-electron chi connectivity index (χ0n) is 26.5. The molecule has 2 unspecified atom stereocenters. The van der Waals surface area contributed by atoms with Gasteiger partial charge in [0.25, 0.3) is 0 Å². The van der Waals surface area contributed by atoms with Crippen molar-refractivity contribution in [1.29, 1.82) is 0 Å². The molecule has 3 heterocycles. The number of piperidine rings is 1. The minimum Gasteiger partial charge on any atom is -0.497 e. The Balaban J connectivity index is 0.000000318. The van der Waals surface area contributed by atoms with Crippen molar-refractivity contribution in [3.8, 4) is 17.2 Å². The molecular weight excluding hydrogens is 608 g/mol. The SMILES string of the molecule is CNC=O.COc1cc(C2CCNCC2)nc(N2C(=O)CC(c3c(F)cc(OC)cc3F)C2C)c1.Cc1ccc(OC(F)F)cc1. The van der Waals surface area contributed by atoms with Crippen molar-refractivity contribution >= 4 is 18.1 Å². The maximum atomic E-state index is 14.7. The smallest absolute Gasteiger partial charge is 0.387 e. The minimum atomic E-state index is -2.74. The Morgan fingerprint density at radius 2 is 1.54 bits per heavy atom. The average Bonchev–Trinajstić information content (AvgIpc) is 3.34. The van der Waals surface area contributed by atoms with Gasteiger partial charge in [-0.2, -0.15) is 8.78 Å². The van der Waals surface area contributed by atoms with Crippen molar-refractivity contribution in [2.75, 3.05) is 39.3 Å². The molecule has 2 fully saturated rings. The molecule has 46 heavy (non-hydrogen) atoms. The number of carbonyl (C=O) groups excluding carboxylic acids is 2. The van der Waals surface area contributed by atoms with Crippen LogP contribution in [0.4, 0.5) is 23.4 Å². The van der Waals surface area contributed by atoms with Gasteiger partial charge in [0.05, 0.1) is 14.2 Å². The molecule has 2 atom stereocenters. The van der Waals surface area contributed by atoms with Crippen LogP contribution in [-0.4, -0.2) is 64.3 Å². The summed E-state index contributed by atoms with van der Waals surface area (Å²) in [5.74, 6) is -0.617. The van der Waals surface area contributed by atoms with Crippen LogP contribution >= 0.6 is 0 Å². The molecule has 2 aromatic carbocycles. The lowest BCUT2D eigenvalue weighted by molar-refractivity contribution is -0.117. The van der Waals surface area contributed by atoms with Gasteiger partial charge in [-0.15, -0.1) is 0 Å². The van der Waals surface area contributed by atoms with Gasteiger partial charge in [0, 0.05) is 66.9 Å². The Hall–Kier alpha value is -4.39. The Morgan fingerprint density at radius 3 is 2.07 bits per heavy atom. The van der Waals surface area contributed by atoms with Crippen LogP contribution in [0.5, 0.6) is 17.2 Å². The van der Waals surface area contributed by atoms with Gasteiger partial charge >= 0.3 is 6.61 Å². The fourth-order valence-electron chi connectivity index (χ4n) is 5.38. The van der Waals surface area contributed by atoms with E-state index in [0.717, 1.165) is 49.3 Å². The van der Waals surface area contributed by atoms with E-state index in [0.29, 0.717) is 18.0 Å². The molecule has 5 rings (SSSR count). The van der Waals surface area contributed by atoms with Crippen molar-refractivity contribution in [2.24, 2.45) is 0 Å². The lowest BCUT2D eigenvalue weighted by Gasteiger charge is -2.27. The number of pyridine rings is 1. The van der Waals surface area contributed by atoms with E-state index in [4.69, 9.17) is 19.3 Å². The number of methoxy groups -OCH3 is 2. The summed E-state index contributed by atoms with van der Waals surface area (Å²) in [7, 11) is 4.49. The van der Waals surface area contributed by atoms with E-state index in [2.05, 4.69) is 15.4 Å². The first kappa shape index (κ1) is 36.1. The van der Waals surface area contributed by atoms with Gasteiger partial charge in [-0.05, 0) is 51.9 Å². The van der Waals surface area contributed by atoms with Gasteiger partial charge in [0.15, 0.2) is 0 Å². The Kier molecular flexibility index (Phi) is 13.6. The summed E-state index contributed by atoms with van der Waals surface area (Å²) in [5.41, 5.74) is 1.80. The van der Waals surface area contributed by atoms with E-state index in [9.17, 15) is 22.4 Å². The number of aromatic nitrogens is 1. The number of hydrogen-bond donors (Lipinski definition) is 2. The molecule has 250 valence electrons. The minimum absolute atomic E-state index is 0.00288. The maximum Gasteiger partial charge on any atom is 0.387 e. The molecule has 9 nitrogen and oxygen atoms in total. The second-order valence-corrected chi connectivity index (χ2v) is 10.7. The predicted octanol–water partition coefficient (Wildman–Crippen LogP) is 5.71. The van der Waals surface area contributed by atoms with Crippen molar-refractivity contribution in [2.45, 2.75) is 57.6 Å². The highest BCUT2D eigenvalue weighted by atomic mass is 19.3. The lowest BCUT2D eigenvalue weighted by atomic mass is 9.91. The lowest BCUT2D eigenvalue weighted by Crippen LogP contribution is -2.34. The van der Waals surface area contributed by atoms with Crippen LogP contribution < -0.4 is 29.7 Å². The Labute approximate surface area is 266 Å². The standard InChI is InChI=1S/C23H27F2N3O3.C8H8F2O.C2H5NO/c1-13-17(23-18(24)8-15(30-2)9-19(23)25)12-22(29)28(13)21-11-16(31-3)10-20(27-21)14-4-6-26-7-5-14;1-6-2-4-7(5-3-6)11-8(9)10;1-3-2-4/h8-11,13-14,17,26H,4-7,12H2,1-3H3;2-5,8H,1H3;2H,1H3,(H,3,4). The van der Waals surface area contributed by atoms with E-state index in [1.807, 2.05) is 13.0 Å². The molecule has 0 radical (unpaired) electrons. The normalized spacial score (nSPS) is 17.8. The van der Waals surface area contributed by atoms with E-state index in [-0.39, 0.29) is 35.3 Å². The second kappa shape index (κ2) is 17.3. The molecule has 2 amide bonds. The fraction of sp³-hybridized carbons (Fsp3) is 0.424. The van der Waals surface area contributed by atoms with Crippen molar-refractivity contribution in [3.05, 3.63) is 77.0 Å². The van der Waals surface area contributed by atoms with Crippen LogP contribution in [0.25, 0.3) is 0 Å². The predicted molar refractivity (Wildman–Crippen MR) is 166 cm³/mol. The number of rotatable bonds is 8. The first-order valence-electron chi connectivity index (χ1n) is 14.8. The number of carbonyl (C=O) groups is 2. The van der Waals surface area contributed by atoms with E-state index < -0.39 is 30.2 Å². The van der Waals surface area contributed by atoms with Crippen LogP contribution in [0.1, 0.15) is 54.8 Å². The molecule has 2 saturated heterocycles. The highest BCUT2D eigenvalue weighted by Crippen LogP contribution is 2.41. The molecule has 0 aliphatic carbocycles. The zero-order chi connectivity index (χ0) is 33.8. The largest absolute Gasteiger partial charge is 0.497 e. The number of alkyl halides is 2. The highest BCUT2D eigenvalue weighted by Gasteiger charge is 2.42. The number of nitrogens with zero attached hydrogens (tertiary/aromatic N) is 2. The van der Waals surface area contributed by atoms with Gasteiger partial charge in [0.2, 0.25) is 12.3 Å². The fourth-order valence-corrected chi connectivity index (χ4v) is 5.38. The molecule has 13 heteroatoms. The molecule has 1 aromatic heterocycles. The quantitative estimate of drug-likeness (QED) is 0.238. The van der Waals surface area contributed by atoms with Crippen molar-refractivity contribution in [3.63, 3.8) is 0 Å². The second-order valence-electron chi connectivity index (χ2n) is 10.7. The van der Waals surface area contributed by atoms with Gasteiger partial charge in [-0.3, -0.25) is 14.5 Å². The molecule has 0 saturated carbocycles. The summed E-state index contributed by atoms with van der Waals surface area (Å²) in [4.78, 5) is 28.4. The summed E-state index contributed by atoms with van der Waals surface area (Å²) >= 11 is 0. The molecule has 0 spiro atoms. The molecule has 2 aliphatic rings. The summed E-state index contributed by atoms with van der Waals surface area (Å²) in [6.45, 7) is 2.76. The number of hydrogen-bond acceptors (Lipinski definition) is 7. The van der Waals surface area contributed by atoms with Crippen molar-refractivity contribution in [1.82, 2.24) is 15.6 Å². The number of halogens is 4. The van der Waals surface area contributed by atoms with Crippen LogP contribution in [0.15, 0.2) is 48.5 Å². The van der Waals surface area contributed by atoms with Crippen molar-refractivity contribution < 1.29 is 41.4 Å². The third-order valence-corrected chi connectivity index (χ3v) is 7.72. The topological polar surface area (TPSA) is 102 Å². The van der Waals surface area contributed by atoms with Gasteiger partial charge in [-0.25, -0.2) is 13.8 Å². The highest BCUT2D eigenvalue weighted by molar-refractivity contribution is 5.96. The Morgan fingerprint density at radius 1 is 0.978 bits per heavy atom. The molecule has 3 aromatic rings. The maximum absolute atomic E-state index is 14.7. The van der Waals surface area contributed by atoms with E-state index in [1.165, 1.54) is 19.2 Å². The number of amides is 2. The number of ether oxygens (including phenoxy) is 3. The molecule has 2 aliphatic heterocycles. The molecule has 2 N–H and O–H groups in total. The summed E-state index contributed by atoms with van der Waals surface area (Å²) in [6, 6.07) is 11.9. The van der Waals surface area contributed by atoms with Crippen LogP contribution in [-0.2, 0) is 9.59 Å². The van der Waals surface area contributed by atoms with Gasteiger partial charge < -0.3 is 24.8 Å². The number of nitrogens with one attached hydrogen (secondary N) is 2. The van der Waals surface area contributed by atoms with E-state index in [1.54, 1.807) is 44.2 Å². The first-order valence-corrected chi connectivity index (χ1v) is 14.8. The number of benzene rings is 2. The van der Waals surface area contributed by atoms with Crippen LogP contribution in [0, 0.1) is 18.6 Å². The summed E-state index contributed by atoms with van der Waals surface area (Å²) in [5, 5.41) is 5.59. The van der Waals surface area contributed by atoms with Gasteiger partial charge in [0.1, 0.15) is 34.7 Å². The van der Waals surface area contributed by atoms with E-state index >= 15 is 0 Å². The van der Waals surface area contributed by atoms with Crippen LogP contribution in [0.2, 0.25) is 0 Å². The van der Waals surface area contributed by atoms with Gasteiger partial charge in [-0.1, -0.05) is 17.7 Å². The van der Waals surface area contributed by atoms with Crippen LogP contribution in [0.3, 0.4) is 0 Å². The third kappa shape index (κ3) is 9.56. The third-order valence-electron chi connectivity index (χ3n) is 7.72. The summed E-state index contributed by atoms with van der Waals surface area (Å²) in [6.07, 6.45) is 2.53. The zero-order valence-corrected chi connectivity index (χ0v) is 26.5. The Bertz CT molecular complexity index is 1420. The molecular formula is C33H40F4N4O5. The average molecular weight is 649 g/mol. The molecule has 0 bridgehead atoms. The monoisotopic (exact) mass is 648 g/mol. The number of aryl methyl sites for hydroxylation is 1. The first-order chi connectivity index (χ1) is 22.0. The summed E-state index contributed by atoms with van der Waals surface area (Å²) < 4.78 is 67.2.